The fraction of sp³-hybridized carbons (Fsp3) is 0.444. The summed E-state index contributed by atoms with van der Waals surface area (Å²) >= 11 is 3.26. The predicted octanol–water partition coefficient (Wildman–Crippen LogP) is 0.693. The largest absolute Gasteiger partial charge is 0.368 e. The molecule has 1 aliphatic heterocycles. The van der Waals surface area contributed by atoms with E-state index in [2.05, 4.69) is 25.9 Å². The van der Waals surface area contributed by atoms with Crippen LogP contribution in [-0.2, 0) is 4.79 Å². The molecule has 2 N–H and O–H groups in total. The number of aromatic nitrogens is 2. The Balaban J connectivity index is 2.22. The van der Waals surface area contributed by atoms with Crippen LogP contribution in [0.4, 0.5) is 5.95 Å². The Morgan fingerprint density at radius 2 is 2.20 bits per heavy atom. The molecule has 1 amide bonds. The number of rotatable bonds is 2. The fourth-order valence-corrected chi connectivity index (χ4v) is 1.96. The first-order chi connectivity index (χ1) is 7.18. The minimum atomic E-state index is -0.306. The van der Waals surface area contributed by atoms with E-state index in [1.54, 1.807) is 12.4 Å². The van der Waals surface area contributed by atoms with Crippen LogP contribution in [0, 0.1) is 0 Å². The fourth-order valence-electron chi connectivity index (χ4n) is 1.76. The molecule has 6 heteroatoms. The van der Waals surface area contributed by atoms with E-state index >= 15 is 0 Å². The topological polar surface area (TPSA) is 72.1 Å². The van der Waals surface area contributed by atoms with Gasteiger partial charge in [-0.25, -0.2) is 9.97 Å². The Morgan fingerprint density at radius 3 is 2.80 bits per heavy atom. The summed E-state index contributed by atoms with van der Waals surface area (Å²) in [7, 11) is 0. The number of amides is 1. The SMILES string of the molecule is NC(=O)C1CCCN1c1ncc(Br)cn1. The van der Waals surface area contributed by atoms with Crippen molar-refractivity contribution in [1.29, 1.82) is 0 Å². The van der Waals surface area contributed by atoms with Crippen molar-refractivity contribution in [2.24, 2.45) is 5.73 Å². The van der Waals surface area contributed by atoms with Gasteiger partial charge in [-0.3, -0.25) is 4.79 Å². The number of hydrogen-bond acceptors (Lipinski definition) is 4. The molecule has 0 aromatic carbocycles. The molecule has 1 aromatic rings. The molecule has 5 nitrogen and oxygen atoms in total. The Kier molecular flexibility index (Phi) is 2.86. The van der Waals surface area contributed by atoms with E-state index in [1.807, 2.05) is 4.90 Å². The maximum atomic E-state index is 11.2. The third-order valence-electron chi connectivity index (χ3n) is 2.44. The van der Waals surface area contributed by atoms with Gasteiger partial charge in [0, 0.05) is 18.9 Å². The second kappa shape index (κ2) is 4.14. The van der Waals surface area contributed by atoms with Gasteiger partial charge in [-0.1, -0.05) is 0 Å². The van der Waals surface area contributed by atoms with Crippen molar-refractivity contribution in [2.45, 2.75) is 18.9 Å². The second-order valence-electron chi connectivity index (χ2n) is 3.46. The van der Waals surface area contributed by atoms with Crippen LogP contribution in [0.25, 0.3) is 0 Å². The molecule has 0 aliphatic carbocycles. The van der Waals surface area contributed by atoms with Crippen LogP contribution in [-0.4, -0.2) is 28.5 Å². The van der Waals surface area contributed by atoms with Gasteiger partial charge in [-0.2, -0.15) is 0 Å². The average molecular weight is 271 g/mol. The molecule has 2 heterocycles. The molecular weight excluding hydrogens is 260 g/mol. The lowest BCUT2D eigenvalue weighted by Gasteiger charge is -2.21. The van der Waals surface area contributed by atoms with E-state index in [0.29, 0.717) is 5.95 Å². The molecule has 15 heavy (non-hydrogen) atoms. The monoisotopic (exact) mass is 270 g/mol. The van der Waals surface area contributed by atoms with Crippen molar-refractivity contribution in [1.82, 2.24) is 9.97 Å². The van der Waals surface area contributed by atoms with Crippen LogP contribution < -0.4 is 10.6 Å². The van der Waals surface area contributed by atoms with Crippen molar-refractivity contribution in [3.8, 4) is 0 Å². The quantitative estimate of drug-likeness (QED) is 0.859. The highest BCUT2D eigenvalue weighted by molar-refractivity contribution is 9.10. The number of nitrogens with two attached hydrogens (primary N) is 1. The summed E-state index contributed by atoms with van der Waals surface area (Å²) in [6.45, 7) is 0.787. The molecule has 0 saturated carbocycles. The number of nitrogens with zero attached hydrogens (tertiary/aromatic N) is 3. The van der Waals surface area contributed by atoms with Gasteiger partial charge in [0.15, 0.2) is 0 Å². The lowest BCUT2D eigenvalue weighted by atomic mass is 10.2. The van der Waals surface area contributed by atoms with Crippen molar-refractivity contribution in [2.75, 3.05) is 11.4 Å². The van der Waals surface area contributed by atoms with Crippen LogP contribution >= 0.6 is 15.9 Å². The van der Waals surface area contributed by atoms with Crippen molar-refractivity contribution in [3.63, 3.8) is 0 Å². The minimum absolute atomic E-state index is 0.258. The molecular formula is C9H11BrN4O. The van der Waals surface area contributed by atoms with Crippen LogP contribution in [0.1, 0.15) is 12.8 Å². The van der Waals surface area contributed by atoms with Gasteiger partial charge in [-0.15, -0.1) is 0 Å². The predicted molar refractivity (Wildman–Crippen MR) is 59.3 cm³/mol. The molecule has 80 valence electrons. The van der Waals surface area contributed by atoms with E-state index in [0.717, 1.165) is 23.9 Å². The normalized spacial score (nSPS) is 20.6. The van der Waals surface area contributed by atoms with Crippen LogP contribution in [0.5, 0.6) is 0 Å². The number of carbonyl (C=O) groups is 1. The Hall–Kier alpha value is -1.17. The molecule has 1 unspecified atom stereocenters. The van der Waals surface area contributed by atoms with E-state index < -0.39 is 0 Å². The highest BCUT2D eigenvalue weighted by Gasteiger charge is 2.30. The first kappa shape index (κ1) is 10.4. The third kappa shape index (κ3) is 2.09. The van der Waals surface area contributed by atoms with Gasteiger partial charge in [0.05, 0.1) is 4.47 Å². The first-order valence-corrected chi connectivity index (χ1v) is 5.51. The smallest absolute Gasteiger partial charge is 0.240 e. The third-order valence-corrected chi connectivity index (χ3v) is 2.85. The summed E-state index contributed by atoms with van der Waals surface area (Å²) in [4.78, 5) is 21.3. The van der Waals surface area contributed by atoms with Gasteiger partial charge >= 0.3 is 0 Å². The highest BCUT2D eigenvalue weighted by Crippen LogP contribution is 2.22. The summed E-state index contributed by atoms with van der Waals surface area (Å²) in [5.41, 5.74) is 5.31. The molecule has 0 bridgehead atoms. The maximum absolute atomic E-state index is 11.2. The zero-order chi connectivity index (χ0) is 10.8. The standard InChI is InChI=1S/C9H11BrN4O/c10-6-4-12-9(13-5-6)14-3-1-2-7(14)8(11)15/h4-5,7H,1-3H2,(H2,11,15). The van der Waals surface area contributed by atoms with E-state index in [1.165, 1.54) is 0 Å². The van der Waals surface area contributed by atoms with E-state index in [4.69, 9.17) is 5.73 Å². The summed E-state index contributed by atoms with van der Waals surface area (Å²) < 4.78 is 0.820. The Morgan fingerprint density at radius 1 is 1.53 bits per heavy atom. The average Bonchev–Trinajstić information content (AvgIpc) is 2.67. The minimum Gasteiger partial charge on any atom is -0.368 e. The molecule has 2 rings (SSSR count). The maximum Gasteiger partial charge on any atom is 0.240 e. The molecule has 1 saturated heterocycles. The Labute approximate surface area is 95.8 Å². The van der Waals surface area contributed by atoms with Crippen LogP contribution in [0.2, 0.25) is 0 Å². The second-order valence-corrected chi connectivity index (χ2v) is 4.37. The number of halogens is 1. The van der Waals surface area contributed by atoms with Crippen molar-refractivity contribution < 1.29 is 4.79 Å². The number of carbonyl (C=O) groups excluding carboxylic acids is 1. The molecule has 0 spiro atoms. The molecule has 1 fully saturated rings. The van der Waals surface area contributed by atoms with E-state index in [-0.39, 0.29) is 11.9 Å². The van der Waals surface area contributed by atoms with Gasteiger partial charge in [-0.05, 0) is 28.8 Å². The number of anilines is 1. The zero-order valence-electron chi connectivity index (χ0n) is 8.06. The van der Waals surface area contributed by atoms with Gasteiger partial charge in [0.25, 0.3) is 0 Å². The molecule has 1 aromatic heterocycles. The first-order valence-electron chi connectivity index (χ1n) is 4.72. The summed E-state index contributed by atoms with van der Waals surface area (Å²) in [5, 5.41) is 0. The summed E-state index contributed by atoms with van der Waals surface area (Å²) in [5.74, 6) is 0.263. The van der Waals surface area contributed by atoms with Crippen molar-refractivity contribution >= 4 is 27.8 Å². The van der Waals surface area contributed by atoms with Crippen LogP contribution in [0.15, 0.2) is 16.9 Å². The summed E-state index contributed by atoms with van der Waals surface area (Å²) in [6, 6.07) is -0.258. The van der Waals surface area contributed by atoms with E-state index in [9.17, 15) is 4.79 Å². The van der Waals surface area contributed by atoms with Gasteiger partial charge in [0.2, 0.25) is 11.9 Å². The zero-order valence-corrected chi connectivity index (χ0v) is 9.64. The van der Waals surface area contributed by atoms with Gasteiger partial charge < -0.3 is 10.6 Å². The Bertz CT molecular complexity index is 367. The molecule has 1 aliphatic rings. The lowest BCUT2D eigenvalue weighted by Crippen LogP contribution is -2.41. The number of hydrogen-bond donors (Lipinski definition) is 1. The molecule has 0 radical (unpaired) electrons. The van der Waals surface area contributed by atoms with Crippen molar-refractivity contribution in [3.05, 3.63) is 16.9 Å². The van der Waals surface area contributed by atoms with Crippen LogP contribution in [0.3, 0.4) is 0 Å². The van der Waals surface area contributed by atoms with Gasteiger partial charge in [0.1, 0.15) is 6.04 Å². The number of primary amides is 1. The molecule has 1 atom stereocenters. The summed E-state index contributed by atoms with van der Waals surface area (Å²) in [6.07, 6.45) is 5.07. The lowest BCUT2D eigenvalue weighted by molar-refractivity contribution is -0.119. The highest BCUT2D eigenvalue weighted by atomic mass is 79.9.